The monoisotopic (exact) mass is 332 g/mol. The maximum atomic E-state index is 13.0. The maximum Gasteiger partial charge on any atom is 0.234 e. The Morgan fingerprint density at radius 3 is 2.80 bits per heavy atom. The molecular weight excluding hydrogens is 319 g/mol. The lowest BCUT2D eigenvalue weighted by molar-refractivity contribution is -0.113. The molecule has 0 radical (unpaired) electrons. The highest BCUT2D eigenvalue weighted by Crippen LogP contribution is 2.20. The van der Waals surface area contributed by atoms with Gasteiger partial charge in [0.1, 0.15) is 10.1 Å². The minimum atomic E-state index is -0.505. The van der Waals surface area contributed by atoms with E-state index in [0.29, 0.717) is 5.69 Å². The number of nitrogens with zero attached hydrogens (tertiary/aromatic N) is 1. The number of nitrogens with one attached hydrogen (secondary N) is 1. The Kier molecular flexibility index (Phi) is 5.63. The van der Waals surface area contributed by atoms with Crippen molar-refractivity contribution in [2.75, 3.05) is 24.2 Å². The largest absolute Gasteiger partial charge is 0.358 e. The van der Waals surface area contributed by atoms with Crippen LogP contribution in [-0.2, 0) is 4.79 Å². The van der Waals surface area contributed by atoms with Crippen molar-refractivity contribution < 1.29 is 9.18 Å². The quantitative estimate of drug-likeness (QED) is 0.858. The number of thiocarbonyl (C=S) groups is 1. The number of carbonyl (C=O) groups is 1. The molecule has 108 valence electrons. The molecule has 1 aliphatic heterocycles. The molecule has 1 heterocycles. The summed E-state index contributed by atoms with van der Waals surface area (Å²) < 4.78 is 13.8. The van der Waals surface area contributed by atoms with E-state index in [1.807, 2.05) is 0 Å². The van der Waals surface area contributed by atoms with Crippen LogP contribution in [0.3, 0.4) is 0 Å². The summed E-state index contributed by atoms with van der Waals surface area (Å²) in [5, 5.41) is 2.66. The first-order valence-electron chi connectivity index (χ1n) is 6.23. The van der Waals surface area contributed by atoms with E-state index in [9.17, 15) is 9.18 Å². The molecule has 1 fully saturated rings. The average Bonchev–Trinajstić information content (AvgIpc) is 2.94. The predicted octanol–water partition coefficient (Wildman–Crippen LogP) is 3.53. The second-order valence-corrected chi connectivity index (χ2v) is 6.44. The second kappa shape index (κ2) is 7.24. The first-order valence-corrected chi connectivity index (χ1v) is 8.00. The first kappa shape index (κ1) is 15.5. The Bertz CT molecular complexity index is 521. The highest BCUT2D eigenvalue weighted by atomic mass is 35.5. The van der Waals surface area contributed by atoms with Crippen LogP contribution in [0.2, 0.25) is 5.02 Å². The lowest BCUT2D eigenvalue weighted by Crippen LogP contribution is -2.25. The number of hydrogen-bond donors (Lipinski definition) is 1. The molecule has 0 aromatic heterocycles. The average molecular weight is 333 g/mol. The fourth-order valence-corrected chi connectivity index (χ4v) is 3.12. The predicted molar refractivity (Wildman–Crippen MR) is 85.9 cm³/mol. The Labute approximate surface area is 131 Å². The minimum absolute atomic E-state index is 0.0111. The van der Waals surface area contributed by atoms with Crippen molar-refractivity contribution in [2.24, 2.45) is 0 Å². The Morgan fingerprint density at radius 2 is 2.15 bits per heavy atom. The van der Waals surface area contributed by atoms with E-state index in [1.165, 1.54) is 30.0 Å². The van der Waals surface area contributed by atoms with Crippen molar-refractivity contribution >= 4 is 51.5 Å². The topological polar surface area (TPSA) is 32.3 Å². The molecule has 1 amide bonds. The van der Waals surface area contributed by atoms with Crippen LogP contribution in [0.25, 0.3) is 0 Å². The molecule has 0 atom stereocenters. The molecule has 7 heteroatoms. The summed E-state index contributed by atoms with van der Waals surface area (Å²) in [5.41, 5.74) is 0.481. The summed E-state index contributed by atoms with van der Waals surface area (Å²) in [5.74, 6) is -0.446. The van der Waals surface area contributed by atoms with E-state index >= 15 is 0 Å². The van der Waals surface area contributed by atoms with Crippen LogP contribution in [0, 0.1) is 5.82 Å². The number of rotatable bonds is 3. The number of hydrogen-bond acceptors (Lipinski definition) is 3. The number of benzene rings is 1. The maximum absolute atomic E-state index is 13.0. The van der Waals surface area contributed by atoms with Crippen LogP contribution in [0.1, 0.15) is 12.8 Å². The molecule has 2 rings (SSSR count). The van der Waals surface area contributed by atoms with Crippen molar-refractivity contribution in [2.45, 2.75) is 12.8 Å². The third kappa shape index (κ3) is 4.33. The Hall–Kier alpha value is -0.850. The molecule has 0 unspecified atom stereocenters. The van der Waals surface area contributed by atoms with E-state index in [0.717, 1.165) is 30.3 Å². The number of likely N-dealkylation sites (tertiary alicyclic amines) is 1. The summed E-state index contributed by atoms with van der Waals surface area (Å²) in [6.07, 6.45) is 2.31. The summed E-state index contributed by atoms with van der Waals surface area (Å²) in [4.78, 5) is 13.9. The number of amides is 1. The smallest absolute Gasteiger partial charge is 0.234 e. The van der Waals surface area contributed by atoms with E-state index in [-0.39, 0.29) is 16.7 Å². The fraction of sp³-hybridized carbons (Fsp3) is 0.385. The second-order valence-electron chi connectivity index (χ2n) is 4.43. The van der Waals surface area contributed by atoms with Gasteiger partial charge in [-0.3, -0.25) is 4.79 Å². The molecule has 0 saturated carbocycles. The van der Waals surface area contributed by atoms with E-state index in [2.05, 4.69) is 10.2 Å². The van der Waals surface area contributed by atoms with Crippen molar-refractivity contribution in [1.82, 2.24) is 4.90 Å². The number of carbonyl (C=O) groups excluding carboxylic acids is 1. The van der Waals surface area contributed by atoms with Gasteiger partial charge in [-0.15, -0.1) is 0 Å². The molecule has 0 bridgehead atoms. The van der Waals surface area contributed by atoms with Crippen molar-refractivity contribution in [1.29, 1.82) is 0 Å². The van der Waals surface area contributed by atoms with Gasteiger partial charge in [0.25, 0.3) is 0 Å². The number of halogens is 2. The minimum Gasteiger partial charge on any atom is -0.358 e. The molecule has 20 heavy (non-hydrogen) atoms. The van der Waals surface area contributed by atoms with Gasteiger partial charge in [-0.1, -0.05) is 35.6 Å². The van der Waals surface area contributed by atoms with Crippen molar-refractivity contribution in [3.63, 3.8) is 0 Å². The van der Waals surface area contributed by atoms with Gasteiger partial charge in [0.05, 0.1) is 10.8 Å². The normalized spacial score (nSPS) is 14.4. The lowest BCUT2D eigenvalue weighted by atomic mass is 10.3. The third-order valence-corrected chi connectivity index (χ3v) is 4.71. The molecule has 0 spiro atoms. The number of thioether (sulfide) groups is 1. The van der Waals surface area contributed by atoms with Gasteiger partial charge in [0, 0.05) is 18.8 Å². The van der Waals surface area contributed by atoms with Crippen LogP contribution in [0.5, 0.6) is 0 Å². The summed E-state index contributed by atoms with van der Waals surface area (Å²) in [7, 11) is 0. The van der Waals surface area contributed by atoms with Crippen LogP contribution in [0.4, 0.5) is 10.1 Å². The molecule has 0 aliphatic carbocycles. The third-order valence-electron chi connectivity index (χ3n) is 2.89. The molecule has 1 aromatic rings. The van der Waals surface area contributed by atoms with Gasteiger partial charge < -0.3 is 10.2 Å². The summed E-state index contributed by atoms with van der Waals surface area (Å²) in [6, 6.07) is 4.08. The van der Waals surface area contributed by atoms with Crippen molar-refractivity contribution in [3.8, 4) is 0 Å². The van der Waals surface area contributed by atoms with E-state index in [1.54, 1.807) is 0 Å². The molecular formula is C13H14ClFN2OS2. The summed E-state index contributed by atoms with van der Waals surface area (Å²) in [6.45, 7) is 1.95. The number of anilines is 1. The molecule has 3 nitrogen and oxygen atoms in total. The Balaban J connectivity index is 1.80. The zero-order valence-electron chi connectivity index (χ0n) is 10.7. The van der Waals surface area contributed by atoms with Gasteiger partial charge in [-0.2, -0.15) is 0 Å². The van der Waals surface area contributed by atoms with E-state index < -0.39 is 5.82 Å². The highest BCUT2D eigenvalue weighted by Gasteiger charge is 2.16. The SMILES string of the molecule is O=C(CSC(=S)N1CCCC1)Nc1ccc(F)c(Cl)c1. The molecule has 1 aliphatic rings. The van der Waals surface area contributed by atoms with Gasteiger partial charge in [0.15, 0.2) is 0 Å². The van der Waals surface area contributed by atoms with Crippen LogP contribution in [0.15, 0.2) is 18.2 Å². The van der Waals surface area contributed by atoms with E-state index in [4.69, 9.17) is 23.8 Å². The molecule has 1 aromatic carbocycles. The van der Waals surface area contributed by atoms with Gasteiger partial charge in [-0.05, 0) is 31.0 Å². The standard InChI is InChI=1S/C13H14ClFN2OS2/c14-10-7-9(3-4-11(10)15)16-12(18)8-20-13(19)17-5-1-2-6-17/h3-4,7H,1-2,5-6,8H2,(H,16,18). The molecule has 1 N–H and O–H groups in total. The van der Waals surface area contributed by atoms with Crippen LogP contribution in [-0.4, -0.2) is 34.0 Å². The van der Waals surface area contributed by atoms with Gasteiger partial charge in [0.2, 0.25) is 5.91 Å². The Morgan fingerprint density at radius 1 is 1.45 bits per heavy atom. The molecule has 1 saturated heterocycles. The summed E-state index contributed by atoms with van der Waals surface area (Å²) >= 11 is 12.3. The zero-order chi connectivity index (χ0) is 14.5. The first-order chi connectivity index (χ1) is 9.56. The fourth-order valence-electron chi connectivity index (χ4n) is 1.89. The van der Waals surface area contributed by atoms with Crippen molar-refractivity contribution in [3.05, 3.63) is 29.0 Å². The lowest BCUT2D eigenvalue weighted by Gasteiger charge is -2.17. The highest BCUT2D eigenvalue weighted by molar-refractivity contribution is 8.23. The van der Waals surface area contributed by atoms with Crippen LogP contribution < -0.4 is 5.32 Å². The van der Waals surface area contributed by atoms with Crippen LogP contribution >= 0.6 is 35.6 Å². The zero-order valence-corrected chi connectivity index (χ0v) is 13.1. The van der Waals surface area contributed by atoms with Gasteiger partial charge in [-0.25, -0.2) is 4.39 Å². The van der Waals surface area contributed by atoms with Gasteiger partial charge >= 0.3 is 0 Å².